The Kier molecular flexibility index (Phi) is 4.40. The normalized spacial score (nSPS) is 30.9. The van der Waals surface area contributed by atoms with Gasteiger partial charge in [0.25, 0.3) is 0 Å². The van der Waals surface area contributed by atoms with Gasteiger partial charge in [-0.05, 0) is 32.1 Å². The summed E-state index contributed by atoms with van der Waals surface area (Å²) in [5.74, 6) is 0.677. The van der Waals surface area contributed by atoms with Gasteiger partial charge in [0.2, 0.25) is 0 Å². The van der Waals surface area contributed by atoms with Gasteiger partial charge in [-0.3, -0.25) is 9.69 Å². The van der Waals surface area contributed by atoms with Gasteiger partial charge in [-0.2, -0.15) is 0 Å². The van der Waals surface area contributed by atoms with E-state index in [0.29, 0.717) is 6.61 Å². The molecule has 0 radical (unpaired) electrons. The molecule has 0 amide bonds. The first kappa shape index (κ1) is 12.8. The van der Waals surface area contributed by atoms with Crippen LogP contribution in [0.3, 0.4) is 0 Å². The second kappa shape index (κ2) is 5.83. The number of esters is 1. The van der Waals surface area contributed by atoms with E-state index >= 15 is 0 Å². The number of hydrogen-bond acceptors (Lipinski definition) is 4. The molecule has 1 aliphatic carbocycles. The molecule has 1 aliphatic heterocycles. The Balaban J connectivity index is 1.90. The molecule has 4 heteroatoms. The predicted molar refractivity (Wildman–Crippen MR) is 66.5 cm³/mol. The second-order valence-electron chi connectivity index (χ2n) is 5.37. The van der Waals surface area contributed by atoms with Gasteiger partial charge in [-0.1, -0.05) is 12.8 Å². The third-order valence-electron chi connectivity index (χ3n) is 3.96. The number of rotatable bonds is 4. The van der Waals surface area contributed by atoms with Gasteiger partial charge in [0.05, 0.1) is 6.61 Å². The van der Waals surface area contributed by atoms with Gasteiger partial charge >= 0.3 is 5.97 Å². The summed E-state index contributed by atoms with van der Waals surface area (Å²) in [6.07, 6.45) is 6.05. The summed E-state index contributed by atoms with van der Waals surface area (Å²) in [7, 11) is 0. The summed E-state index contributed by atoms with van der Waals surface area (Å²) in [5, 5.41) is 0. The van der Waals surface area contributed by atoms with Crippen LogP contribution in [0.5, 0.6) is 0 Å². The molecule has 1 saturated heterocycles. The Bertz CT molecular complexity index is 264. The lowest BCUT2D eigenvalue weighted by Crippen LogP contribution is -2.40. The van der Waals surface area contributed by atoms with Crippen LogP contribution in [0.2, 0.25) is 0 Å². The smallest absolute Gasteiger partial charge is 0.323 e. The van der Waals surface area contributed by atoms with E-state index < -0.39 is 0 Å². The second-order valence-corrected chi connectivity index (χ2v) is 5.37. The molecule has 0 aromatic rings. The van der Waals surface area contributed by atoms with Crippen molar-refractivity contribution < 1.29 is 9.53 Å². The molecule has 2 rings (SSSR count). The van der Waals surface area contributed by atoms with Crippen molar-refractivity contribution in [2.24, 2.45) is 11.7 Å². The molecule has 0 aromatic carbocycles. The molecule has 2 fully saturated rings. The van der Waals surface area contributed by atoms with Crippen LogP contribution in [0, 0.1) is 5.92 Å². The molecule has 1 heterocycles. The largest absolute Gasteiger partial charge is 0.465 e. The van der Waals surface area contributed by atoms with Crippen LogP contribution in [0.25, 0.3) is 0 Å². The molecular weight excluding hydrogens is 216 g/mol. The van der Waals surface area contributed by atoms with Gasteiger partial charge in [-0.25, -0.2) is 0 Å². The summed E-state index contributed by atoms with van der Waals surface area (Å²) in [6, 6.07) is 0.0383. The van der Waals surface area contributed by atoms with Gasteiger partial charge in [0.1, 0.15) is 6.04 Å². The standard InChI is InChI=1S/C13H24N2O2/c1-2-17-13(16)12-7-11(14)9-15(12)8-10-5-3-4-6-10/h10-12H,2-9,14H2,1H3/t11-,12?/m0/s1. The van der Waals surface area contributed by atoms with E-state index in [2.05, 4.69) is 4.90 Å². The topological polar surface area (TPSA) is 55.6 Å². The molecule has 1 unspecified atom stereocenters. The molecule has 4 nitrogen and oxygen atoms in total. The molecule has 2 aliphatic rings. The van der Waals surface area contributed by atoms with E-state index in [1.54, 1.807) is 0 Å². The van der Waals surface area contributed by atoms with Crippen LogP contribution in [-0.4, -0.2) is 42.6 Å². The fourth-order valence-corrected chi connectivity index (χ4v) is 3.15. The zero-order chi connectivity index (χ0) is 12.3. The number of nitrogens with zero attached hydrogens (tertiary/aromatic N) is 1. The number of carbonyl (C=O) groups is 1. The average molecular weight is 240 g/mol. The number of ether oxygens (including phenoxy) is 1. The van der Waals surface area contributed by atoms with Crippen LogP contribution in [0.15, 0.2) is 0 Å². The maximum atomic E-state index is 11.9. The summed E-state index contributed by atoms with van der Waals surface area (Å²) in [4.78, 5) is 14.1. The highest BCUT2D eigenvalue weighted by Gasteiger charge is 2.37. The van der Waals surface area contributed by atoms with Crippen molar-refractivity contribution in [3.05, 3.63) is 0 Å². The van der Waals surface area contributed by atoms with E-state index in [1.807, 2.05) is 6.92 Å². The number of likely N-dealkylation sites (tertiary alicyclic amines) is 1. The maximum absolute atomic E-state index is 11.9. The molecule has 2 N–H and O–H groups in total. The van der Waals surface area contributed by atoms with Crippen molar-refractivity contribution in [2.75, 3.05) is 19.7 Å². The monoisotopic (exact) mass is 240 g/mol. The zero-order valence-corrected chi connectivity index (χ0v) is 10.7. The molecule has 17 heavy (non-hydrogen) atoms. The number of hydrogen-bond donors (Lipinski definition) is 1. The Hall–Kier alpha value is -0.610. The lowest BCUT2D eigenvalue weighted by Gasteiger charge is -2.25. The van der Waals surface area contributed by atoms with Gasteiger partial charge < -0.3 is 10.5 Å². The molecule has 0 aromatic heterocycles. The van der Waals surface area contributed by atoms with Crippen LogP contribution in [0.4, 0.5) is 0 Å². The summed E-state index contributed by atoms with van der Waals surface area (Å²) in [6.45, 7) is 4.19. The third-order valence-corrected chi connectivity index (χ3v) is 3.96. The first-order valence-corrected chi connectivity index (χ1v) is 6.87. The Morgan fingerprint density at radius 2 is 2.12 bits per heavy atom. The maximum Gasteiger partial charge on any atom is 0.323 e. The molecule has 2 atom stereocenters. The Morgan fingerprint density at radius 1 is 1.41 bits per heavy atom. The minimum atomic E-state index is -0.0921. The van der Waals surface area contributed by atoms with Crippen molar-refractivity contribution in [1.29, 1.82) is 0 Å². The lowest BCUT2D eigenvalue weighted by atomic mass is 10.1. The van der Waals surface area contributed by atoms with Crippen molar-refractivity contribution >= 4 is 5.97 Å². The van der Waals surface area contributed by atoms with Crippen molar-refractivity contribution in [3.8, 4) is 0 Å². The van der Waals surface area contributed by atoms with Crippen LogP contribution in [0.1, 0.15) is 39.0 Å². The molecule has 1 saturated carbocycles. The highest BCUT2D eigenvalue weighted by Crippen LogP contribution is 2.28. The fraction of sp³-hybridized carbons (Fsp3) is 0.923. The summed E-state index contributed by atoms with van der Waals surface area (Å²) >= 11 is 0. The van der Waals surface area contributed by atoms with Gasteiger partial charge in [0, 0.05) is 19.1 Å². The van der Waals surface area contributed by atoms with Crippen molar-refractivity contribution in [2.45, 2.75) is 51.1 Å². The Morgan fingerprint density at radius 3 is 2.76 bits per heavy atom. The minimum Gasteiger partial charge on any atom is -0.465 e. The minimum absolute atomic E-state index is 0.0848. The number of nitrogens with two attached hydrogens (primary N) is 1. The quantitative estimate of drug-likeness (QED) is 0.749. The zero-order valence-electron chi connectivity index (χ0n) is 10.7. The molecular formula is C13H24N2O2. The van der Waals surface area contributed by atoms with Crippen molar-refractivity contribution in [3.63, 3.8) is 0 Å². The first-order valence-electron chi connectivity index (χ1n) is 6.87. The predicted octanol–water partition coefficient (Wildman–Crippen LogP) is 1.14. The summed E-state index contributed by atoms with van der Waals surface area (Å²) in [5.41, 5.74) is 5.97. The van der Waals surface area contributed by atoms with E-state index in [9.17, 15) is 4.79 Å². The molecule has 0 bridgehead atoms. The molecule has 0 spiro atoms. The van der Waals surface area contributed by atoms with E-state index in [0.717, 1.165) is 25.4 Å². The summed E-state index contributed by atoms with van der Waals surface area (Å²) < 4.78 is 5.13. The van der Waals surface area contributed by atoms with Crippen LogP contribution in [-0.2, 0) is 9.53 Å². The van der Waals surface area contributed by atoms with Crippen molar-refractivity contribution in [1.82, 2.24) is 4.90 Å². The van der Waals surface area contributed by atoms with Gasteiger partial charge in [-0.15, -0.1) is 0 Å². The molecule has 98 valence electrons. The van der Waals surface area contributed by atoms with Crippen LogP contribution < -0.4 is 5.73 Å². The Labute approximate surface area is 103 Å². The third kappa shape index (κ3) is 3.19. The fourth-order valence-electron chi connectivity index (χ4n) is 3.15. The average Bonchev–Trinajstić information content (AvgIpc) is 2.89. The highest BCUT2D eigenvalue weighted by atomic mass is 16.5. The first-order chi connectivity index (χ1) is 8.20. The van der Waals surface area contributed by atoms with E-state index in [-0.39, 0.29) is 18.1 Å². The van der Waals surface area contributed by atoms with E-state index in [1.165, 1.54) is 25.7 Å². The highest BCUT2D eigenvalue weighted by molar-refractivity contribution is 5.76. The lowest BCUT2D eigenvalue weighted by molar-refractivity contribution is -0.148. The van der Waals surface area contributed by atoms with Gasteiger partial charge in [0.15, 0.2) is 0 Å². The SMILES string of the molecule is CCOC(=O)C1C[C@H](N)CN1CC1CCCC1. The van der Waals surface area contributed by atoms with E-state index in [4.69, 9.17) is 10.5 Å². The number of carbonyl (C=O) groups excluding carboxylic acids is 1. The van der Waals surface area contributed by atoms with Crippen LogP contribution >= 0.6 is 0 Å².